The van der Waals surface area contributed by atoms with E-state index in [1.807, 2.05) is 42.5 Å². The minimum absolute atomic E-state index is 0.0458. The summed E-state index contributed by atoms with van der Waals surface area (Å²) >= 11 is 5.52. The molecule has 2 aromatic heterocycles. The van der Waals surface area contributed by atoms with Crippen LogP contribution in [0.5, 0.6) is 5.75 Å². The first-order valence-electron chi connectivity index (χ1n) is 11.7. The Balaban J connectivity index is 1.37. The first kappa shape index (κ1) is 22.4. The Morgan fingerprint density at radius 1 is 1.09 bits per heavy atom. The lowest BCUT2D eigenvalue weighted by molar-refractivity contribution is 0.0923. The van der Waals surface area contributed by atoms with Gasteiger partial charge in [0.25, 0.3) is 11.5 Å². The van der Waals surface area contributed by atoms with Crippen LogP contribution in [0, 0.1) is 10.7 Å². The van der Waals surface area contributed by atoms with E-state index in [1.54, 1.807) is 7.11 Å². The number of carbonyl (C=O) groups is 1. The number of H-pyrrole nitrogens is 2. The van der Waals surface area contributed by atoms with Crippen LogP contribution in [-0.4, -0.2) is 33.6 Å². The number of nitrogens with one attached hydrogen (secondary N) is 3. The molecule has 0 aliphatic heterocycles. The molecule has 0 radical (unpaired) electrons. The standard InChI is InChI=1S/C26H28N4O3S/c1-15-3-9-18(10-4-15)27-24(31)17-7-5-16(6-8-17)14-30-25(32)23-22(29-26(30)34)20-13-19(33-2)11-12-21(20)28-23/h5-8,11-13,15,18,28H,3-4,9-10,14H2,1-2H3,(H,27,31)(H,29,34). The number of aromatic nitrogens is 3. The lowest BCUT2D eigenvalue weighted by atomic mass is 9.87. The highest BCUT2D eigenvalue weighted by Crippen LogP contribution is 2.26. The van der Waals surface area contributed by atoms with Crippen LogP contribution in [0.15, 0.2) is 47.3 Å². The third-order valence-electron chi connectivity index (χ3n) is 6.85. The fraction of sp³-hybridized carbons (Fsp3) is 0.346. The molecule has 0 spiro atoms. The van der Waals surface area contributed by atoms with Gasteiger partial charge in [0.1, 0.15) is 11.3 Å². The lowest BCUT2D eigenvalue weighted by Gasteiger charge is -2.26. The van der Waals surface area contributed by atoms with Crippen LogP contribution in [0.2, 0.25) is 0 Å². The summed E-state index contributed by atoms with van der Waals surface area (Å²) in [6, 6.07) is 13.2. The Labute approximate surface area is 202 Å². The third-order valence-corrected chi connectivity index (χ3v) is 7.17. The minimum atomic E-state index is -0.192. The normalized spacial score (nSPS) is 18.3. The van der Waals surface area contributed by atoms with Gasteiger partial charge in [-0.05, 0) is 79.7 Å². The Bertz CT molecular complexity index is 1470. The second-order valence-electron chi connectivity index (χ2n) is 9.24. The molecule has 3 N–H and O–H groups in total. The number of carbonyl (C=O) groups excluding carboxylic acids is 1. The molecule has 34 heavy (non-hydrogen) atoms. The van der Waals surface area contributed by atoms with E-state index in [4.69, 9.17) is 17.0 Å². The number of aromatic amines is 2. The van der Waals surface area contributed by atoms with Gasteiger partial charge in [0.2, 0.25) is 0 Å². The molecule has 1 saturated carbocycles. The van der Waals surface area contributed by atoms with Gasteiger partial charge < -0.3 is 20.0 Å². The maximum absolute atomic E-state index is 13.2. The number of methoxy groups -OCH3 is 1. The predicted molar refractivity (Wildman–Crippen MR) is 136 cm³/mol. The summed E-state index contributed by atoms with van der Waals surface area (Å²) in [7, 11) is 1.61. The first-order valence-corrected chi connectivity index (χ1v) is 12.1. The van der Waals surface area contributed by atoms with Crippen molar-refractivity contribution in [3.8, 4) is 5.75 Å². The molecule has 2 heterocycles. The highest BCUT2D eigenvalue weighted by Gasteiger charge is 2.20. The molecule has 0 unspecified atom stereocenters. The quantitative estimate of drug-likeness (QED) is 0.357. The van der Waals surface area contributed by atoms with Gasteiger partial charge in [-0.25, -0.2) is 0 Å². The minimum Gasteiger partial charge on any atom is -0.497 e. The van der Waals surface area contributed by atoms with E-state index in [2.05, 4.69) is 22.2 Å². The molecule has 2 aromatic carbocycles. The van der Waals surface area contributed by atoms with E-state index in [0.717, 1.165) is 48.1 Å². The van der Waals surface area contributed by atoms with Gasteiger partial charge in [-0.1, -0.05) is 19.1 Å². The van der Waals surface area contributed by atoms with Crippen LogP contribution in [0.1, 0.15) is 48.5 Å². The molecular weight excluding hydrogens is 448 g/mol. The molecule has 1 aliphatic rings. The van der Waals surface area contributed by atoms with Gasteiger partial charge in [0.15, 0.2) is 4.77 Å². The zero-order chi connectivity index (χ0) is 23.8. The van der Waals surface area contributed by atoms with Crippen molar-refractivity contribution in [2.45, 2.75) is 45.2 Å². The van der Waals surface area contributed by atoms with Crippen molar-refractivity contribution in [3.63, 3.8) is 0 Å². The topological polar surface area (TPSA) is 91.9 Å². The van der Waals surface area contributed by atoms with Crippen LogP contribution in [0.4, 0.5) is 0 Å². The zero-order valence-electron chi connectivity index (χ0n) is 19.3. The molecule has 0 bridgehead atoms. The van der Waals surface area contributed by atoms with Gasteiger partial charge in [-0.2, -0.15) is 0 Å². The molecule has 1 fully saturated rings. The van der Waals surface area contributed by atoms with E-state index in [-0.39, 0.29) is 17.5 Å². The van der Waals surface area contributed by atoms with Crippen LogP contribution in [-0.2, 0) is 6.54 Å². The SMILES string of the molecule is COc1ccc2[nH]c3c(=O)n(Cc4ccc(C(=O)NC5CCC(C)CC5)cc4)c(=S)[nH]c3c2c1. The van der Waals surface area contributed by atoms with Crippen LogP contribution >= 0.6 is 12.2 Å². The summed E-state index contributed by atoms with van der Waals surface area (Å²) in [5.41, 5.74) is 3.29. The predicted octanol–water partition coefficient (Wildman–Crippen LogP) is 4.91. The average Bonchev–Trinajstić information content (AvgIpc) is 3.21. The Morgan fingerprint density at radius 3 is 2.53 bits per heavy atom. The van der Waals surface area contributed by atoms with Gasteiger partial charge in [0, 0.05) is 22.5 Å². The van der Waals surface area contributed by atoms with Crippen LogP contribution < -0.4 is 15.6 Å². The number of nitrogens with zero attached hydrogens (tertiary/aromatic N) is 1. The molecule has 0 saturated heterocycles. The van der Waals surface area contributed by atoms with Gasteiger partial charge in [-0.3, -0.25) is 14.2 Å². The Kier molecular flexibility index (Phi) is 6.00. The van der Waals surface area contributed by atoms with Crippen molar-refractivity contribution >= 4 is 40.1 Å². The van der Waals surface area contributed by atoms with Crippen molar-refractivity contribution < 1.29 is 9.53 Å². The molecule has 1 amide bonds. The summed E-state index contributed by atoms with van der Waals surface area (Å²) in [6.45, 7) is 2.58. The molecular formula is C26H28N4O3S. The largest absolute Gasteiger partial charge is 0.497 e. The number of rotatable bonds is 5. The molecule has 5 rings (SSSR count). The summed E-state index contributed by atoms with van der Waals surface area (Å²) in [4.78, 5) is 32.3. The van der Waals surface area contributed by atoms with Crippen molar-refractivity contribution in [3.05, 3.63) is 68.7 Å². The van der Waals surface area contributed by atoms with Crippen molar-refractivity contribution in [2.24, 2.45) is 5.92 Å². The lowest BCUT2D eigenvalue weighted by Crippen LogP contribution is -2.37. The fourth-order valence-electron chi connectivity index (χ4n) is 4.75. The first-order chi connectivity index (χ1) is 16.4. The highest BCUT2D eigenvalue weighted by molar-refractivity contribution is 7.71. The number of fused-ring (bicyclic) bond motifs is 3. The fourth-order valence-corrected chi connectivity index (χ4v) is 5.00. The summed E-state index contributed by atoms with van der Waals surface area (Å²) in [6.07, 6.45) is 4.39. The van der Waals surface area contributed by atoms with E-state index < -0.39 is 0 Å². The van der Waals surface area contributed by atoms with E-state index in [0.29, 0.717) is 33.7 Å². The number of ether oxygens (including phenoxy) is 1. The summed E-state index contributed by atoms with van der Waals surface area (Å²) < 4.78 is 7.18. The molecule has 176 valence electrons. The monoisotopic (exact) mass is 476 g/mol. The second-order valence-corrected chi connectivity index (χ2v) is 9.62. The molecule has 0 atom stereocenters. The van der Waals surface area contributed by atoms with E-state index in [9.17, 15) is 9.59 Å². The Hall–Kier alpha value is -3.39. The third kappa shape index (κ3) is 4.25. The maximum atomic E-state index is 13.2. The number of benzene rings is 2. The zero-order valence-corrected chi connectivity index (χ0v) is 20.1. The number of amides is 1. The number of hydrogen-bond donors (Lipinski definition) is 3. The smallest absolute Gasteiger partial charge is 0.278 e. The van der Waals surface area contributed by atoms with Crippen LogP contribution in [0.3, 0.4) is 0 Å². The van der Waals surface area contributed by atoms with Gasteiger partial charge in [0.05, 0.1) is 19.2 Å². The van der Waals surface area contributed by atoms with Crippen molar-refractivity contribution in [1.82, 2.24) is 19.9 Å². The van der Waals surface area contributed by atoms with Crippen LogP contribution in [0.25, 0.3) is 21.9 Å². The number of hydrogen-bond acceptors (Lipinski definition) is 4. The molecule has 4 aromatic rings. The average molecular weight is 477 g/mol. The molecule has 8 heteroatoms. The second kappa shape index (κ2) is 9.10. The Morgan fingerprint density at radius 2 is 1.82 bits per heavy atom. The molecule has 7 nitrogen and oxygen atoms in total. The van der Waals surface area contributed by atoms with E-state index in [1.165, 1.54) is 4.57 Å². The highest BCUT2D eigenvalue weighted by atomic mass is 32.1. The molecule has 1 aliphatic carbocycles. The van der Waals surface area contributed by atoms with Gasteiger partial charge >= 0.3 is 0 Å². The maximum Gasteiger partial charge on any atom is 0.278 e. The van der Waals surface area contributed by atoms with Gasteiger partial charge in [-0.15, -0.1) is 0 Å². The van der Waals surface area contributed by atoms with Crippen molar-refractivity contribution in [1.29, 1.82) is 0 Å². The summed E-state index contributed by atoms with van der Waals surface area (Å²) in [5, 5.41) is 4.01. The van der Waals surface area contributed by atoms with E-state index >= 15 is 0 Å². The van der Waals surface area contributed by atoms with Crippen molar-refractivity contribution in [2.75, 3.05) is 7.11 Å². The summed E-state index contributed by atoms with van der Waals surface area (Å²) in [5.74, 6) is 1.41.